The molecule has 0 spiro atoms. The molecule has 0 bridgehead atoms. The number of hydrogen-bond donors (Lipinski definition) is 1. The van der Waals surface area contributed by atoms with Gasteiger partial charge in [-0.3, -0.25) is 0 Å². The van der Waals surface area contributed by atoms with Crippen molar-refractivity contribution in [2.75, 3.05) is 7.11 Å². The highest BCUT2D eigenvalue weighted by atomic mass is 16.5. The second-order valence-corrected chi connectivity index (χ2v) is 2.09. The summed E-state index contributed by atoms with van der Waals surface area (Å²) in [4.78, 5) is 10.4. The number of rotatable bonds is 3. The highest BCUT2D eigenvalue weighted by Gasteiger charge is 2.29. The maximum atomic E-state index is 10.4. The first-order valence-electron chi connectivity index (χ1n) is 2.85. The fourth-order valence-corrected chi connectivity index (χ4v) is 0.383. The highest BCUT2D eigenvalue weighted by Crippen LogP contribution is 2.12. The number of methoxy groups -OCH3 is 1. The van der Waals surface area contributed by atoms with Gasteiger partial charge in [0.25, 0.3) is 0 Å². The first kappa shape index (κ1) is 8.43. The molecule has 1 atom stereocenters. The lowest BCUT2D eigenvalue weighted by atomic mass is 10.0. The summed E-state index contributed by atoms with van der Waals surface area (Å²) in [6.07, 6.45) is 0.485. The van der Waals surface area contributed by atoms with Gasteiger partial charge in [-0.25, -0.2) is 4.79 Å². The lowest BCUT2D eigenvalue weighted by Gasteiger charge is -2.20. The number of carboxylic acids is 1. The molecule has 54 valence electrons. The van der Waals surface area contributed by atoms with Crippen LogP contribution in [0.2, 0.25) is 0 Å². The molecule has 0 aliphatic heterocycles. The normalized spacial score (nSPS) is 16.8. The molecule has 0 aliphatic rings. The number of carbonyl (C=O) groups is 1. The molecule has 0 fully saturated rings. The largest absolute Gasteiger partial charge is 0.479 e. The van der Waals surface area contributed by atoms with Crippen molar-refractivity contribution in [2.24, 2.45) is 0 Å². The Morgan fingerprint density at radius 2 is 2.22 bits per heavy atom. The summed E-state index contributed by atoms with van der Waals surface area (Å²) < 4.78 is 4.75. The standard InChI is InChI=1S/C6H12O3/c1-4-6(2,9-3)5(7)8/h4H2,1-3H3,(H,7,8). The van der Waals surface area contributed by atoms with Crippen molar-refractivity contribution in [1.82, 2.24) is 0 Å². The van der Waals surface area contributed by atoms with Gasteiger partial charge in [0, 0.05) is 7.11 Å². The average Bonchev–Trinajstić information content (AvgIpc) is 1.86. The average molecular weight is 132 g/mol. The number of hydrogen-bond acceptors (Lipinski definition) is 2. The smallest absolute Gasteiger partial charge is 0.335 e. The fourth-order valence-electron chi connectivity index (χ4n) is 0.383. The SMILES string of the molecule is CCC(C)(OC)C(=O)O. The zero-order chi connectivity index (χ0) is 7.49. The minimum atomic E-state index is -1.00. The molecular weight excluding hydrogens is 120 g/mol. The minimum Gasteiger partial charge on any atom is -0.479 e. The van der Waals surface area contributed by atoms with E-state index in [0.717, 1.165) is 0 Å². The summed E-state index contributed by atoms with van der Waals surface area (Å²) in [5.41, 5.74) is -1.00. The van der Waals surface area contributed by atoms with Gasteiger partial charge in [-0.1, -0.05) is 6.92 Å². The highest BCUT2D eigenvalue weighted by molar-refractivity contribution is 5.76. The first-order valence-corrected chi connectivity index (χ1v) is 2.85. The van der Waals surface area contributed by atoms with Crippen molar-refractivity contribution in [3.8, 4) is 0 Å². The van der Waals surface area contributed by atoms with Crippen molar-refractivity contribution in [2.45, 2.75) is 25.9 Å². The van der Waals surface area contributed by atoms with E-state index in [1.165, 1.54) is 7.11 Å². The zero-order valence-corrected chi connectivity index (χ0v) is 5.97. The molecular formula is C6H12O3. The maximum absolute atomic E-state index is 10.4. The summed E-state index contributed by atoms with van der Waals surface area (Å²) in [7, 11) is 1.40. The monoisotopic (exact) mass is 132 g/mol. The molecule has 0 radical (unpaired) electrons. The topological polar surface area (TPSA) is 46.5 Å². The zero-order valence-electron chi connectivity index (χ0n) is 5.97. The van der Waals surface area contributed by atoms with E-state index in [1.807, 2.05) is 0 Å². The molecule has 0 aromatic rings. The molecule has 3 nitrogen and oxygen atoms in total. The van der Waals surface area contributed by atoms with Crippen LogP contribution in [-0.4, -0.2) is 23.8 Å². The molecule has 0 aromatic carbocycles. The molecule has 0 amide bonds. The van der Waals surface area contributed by atoms with Crippen LogP contribution in [0.1, 0.15) is 20.3 Å². The minimum absolute atomic E-state index is 0.485. The summed E-state index contributed by atoms with van der Waals surface area (Å²) in [6.45, 7) is 3.33. The van der Waals surface area contributed by atoms with Crippen molar-refractivity contribution in [3.05, 3.63) is 0 Å². The Morgan fingerprint density at radius 3 is 2.22 bits per heavy atom. The van der Waals surface area contributed by atoms with Crippen LogP contribution < -0.4 is 0 Å². The summed E-state index contributed by atoms with van der Waals surface area (Å²) in [5.74, 6) is -0.910. The molecule has 0 heterocycles. The second-order valence-electron chi connectivity index (χ2n) is 2.09. The summed E-state index contributed by atoms with van der Waals surface area (Å²) in [6, 6.07) is 0. The van der Waals surface area contributed by atoms with Gasteiger partial charge < -0.3 is 9.84 Å². The maximum Gasteiger partial charge on any atom is 0.335 e. The number of aliphatic carboxylic acids is 1. The Bertz CT molecular complexity index is 105. The van der Waals surface area contributed by atoms with Gasteiger partial charge >= 0.3 is 5.97 Å². The van der Waals surface area contributed by atoms with Gasteiger partial charge in [0.15, 0.2) is 5.60 Å². The summed E-state index contributed by atoms with van der Waals surface area (Å²) >= 11 is 0. The lowest BCUT2D eigenvalue weighted by molar-refractivity contribution is -0.160. The van der Waals surface area contributed by atoms with Crippen molar-refractivity contribution in [1.29, 1.82) is 0 Å². The van der Waals surface area contributed by atoms with Gasteiger partial charge in [-0.15, -0.1) is 0 Å². The van der Waals surface area contributed by atoms with E-state index >= 15 is 0 Å². The van der Waals surface area contributed by atoms with Gasteiger partial charge in [-0.05, 0) is 13.3 Å². The van der Waals surface area contributed by atoms with E-state index in [2.05, 4.69) is 0 Å². The first-order chi connectivity index (χ1) is 4.06. The van der Waals surface area contributed by atoms with Gasteiger partial charge in [-0.2, -0.15) is 0 Å². The van der Waals surface area contributed by atoms with Crippen LogP contribution in [0.25, 0.3) is 0 Å². The van der Waals surface area contributed by atoms with E-state index in [4.69, 9.17) is 9.84 Å². The predicted octanol–water partition coefficient (Wildman–Crippen LogP) is 0.886. The van der Waals surface area contributed by atoms with Crippen LogP contribution in [0.3, 0.4) is 0 Å². The number of carboxylic acid groups (broad SMARTS) is 1. The van der Waals surface area contributed by atoms with Crippen LogP contribution in [0.15, 0.2) is 0 Å². The molecule has 0 saturated heterocycles. The Balaban J connectivity index is 4.09. The van der Waals surface area contributed by atoms with Crippen LogP contribution in [-0.2, 0) is 9.53 Å². The van der Waals surface area contributed by atoms with Crippen molar-refractivity contribution in [3.63, 3.8) is 0 Å². The predicted molar refractivity (Wildman–Crippen MR) is 33.3 cm³/mol. The van der Waals surface area contributed by atoms with Crippen LogP contribution in [0.4, 0.5) is 0 Å². The lowest BCUT2D eigenvalue weighted by Crippen LogP contribution is -2.36. The molecule has 0 saturated carbocycles. The van der Waals surface area contributed by atoms with Gasteiger partial charge in [0.05, 0.1) is 0 Å². The molecule has 0 rings (SSSR count). The Kier molecular flexibility index (Phi) is 2.65. The molecule has 9 heavy (non-hydrogen) atoms. The van der Waals surface area contributed by atoms with Crippen LogP contribution in [0, 0.1) is 0 Å². The van der Waals surface area contributed by atoms with Crippen molar-refractivity contribution < 1.29 is 14.6 Å². The molecule has 1 N–H and O–H groups in total. The molecule has 0 aromatic heterocycles. The van der Waals surface area contributed by atoms with Gasteiger partial charge in [0.1, 0.15) is 0 Å². The van der Waals surface area contributed by atoms with Crippen LogP contribution >= 0.6 is 0 Å². The van der Waals surface area contributed by atoms with E-state index in [0.29, 0.717) is 6.42 Å². The van der Waals surface area contributed by atoms with E-state index in [9.17, 15) is 4.79 Å². The second kappa shape index (κ2) is 2.82. The molecule has 0 aliphatic carbocycles. The number of ether oxygens (including phenoxy) is 1. The Hall–Kier alpha value is -0.570. The van der Waals surface area contributed by atoms with E-state index < -0.39 is 11.6 Å². The third kappa shape index (κ3) is 1.68. The van der Waals surface area contributed by atoms with E-state index in [-0.39, 0.29) is 0 Å². The Morgan fingerprint density at radius 1 is 1.78 bits per heavy atom. The molecule has 1 unspecified atom stereocenters. The van der Waals surface area contributed by atoms with E-state index in [1.54, 1.807) is 13.8 Å². The van der Waals surface area contributed by atoms with Crippen molar-refractivity contribution >= 4 is 5.97 Å². The molecule has 3 heteroatoms. The third-order valence-electron chi connectivity index (χ3n) is 1.58. The third-order valence-corrected chi connectivity index (χ3v) is 1.58. The van der Waals surface area contributed by atoms with Crippen LogP contribution in [0.5, 0.6) is 0 Å². The quantitative estimate of drug-likeness (QED) is 0.620. The van der Waals surface area contributed by atoms with Gasteiger partial charge in [0.2, 0.25) is 0 Å². The summed E-state index contributed by atoms with van der Waals surface area (Å²) in [5, 5.41) is 8.51. The fraction of sp³-hybridized carbons (Fsp3) is 0.833. The Labute approximate surface area is 54.6 Å².